The van der Waals surface area contributed by atoms with Gasteiger partial charge in [-0.3, -0.25) is 4.79 Å². The van der Waals surface area contributed by atoms with Crippen LogP contribution < -0.4 is 0 Å². The summed E-state index contributed by atoms with van der Waals surface area (Å²) in [6.07, 6.45) is 6.75. The minimum atomic E-state index is -0.223. The lowest BCUT2D eigenvalue weighted by Gasteiger charge is -2.02. The fraction of sp³-hybridized carbons (Fsp3) is 0.286. The standard InChI is InChI=1S/C14H16N2O4/c1-18-9-10-19-11-14(17)16-7-6-12(15-16)4-5-13-3-2-8-20-13/h2-8H,9-11H2,1H3. The Bertz CT molecular complexity index is 558. The highest BCUT2D eigenvalue weighted by Gasteiger charge is 2.06. The molecule has 0 saturated carbocycles. The Balaban J connectivity index is 1.86. The van der Waals surface area contributed by atoms with Crippen molar-refractivity contribution in [1.82, 2.24) is 9.78 Å². The van der Waals surface area contributed by atoms with Crippen molar-refractivity contribution in [2.45, 2.75) is 0 Å². The number of nitrogens with zero attached hydrogens (tertiary/aromatic N) is 2. The van der Waals surface area contributed by atoms with E-state index in [1.165, 1.54) is 4.68 Å². The number of rotatable bonds is 7. The molecule has 0 fully saturated rings. The predicted molar refractivity (Wildman–Crippen MR) is 73.2 cm³/mol. The van der Waals surface area contributed by atoms with Crippen LogP contribution in [0.3, 0.4) is 0 Å². The Morgan fingerprint density at radius 1 is 1.40 bits per heavy atom. The van der Waals surface area contributed by atoms with Crippen LogP contribution in [-0.4, -0.2) is 42.6 Å². The number of carbonyl (C=O) groups excluding carboxylic acids is 1. The van der Waals surface area contributed by atoms with E-state index < -0.39 is 0 Å². The molecule has 106 valence electrons. The Hall–Kier alpha value is -2.18. The highest BCUT2D eigenvalue weighted by atomic mass is 16.5. The van der Waals surface area contributed by atoms with E-state index in [1.807, 2.05) is 6.07 Å². The molecule has 2 aromatic rings. The van der Waals surface area contributed by atoms with Crippen molar-refractivity contribution in [3.8, 4) is 0 Å². The molecule has 0 aliphatic heterocycles. The first-order chi connectivity index (χ1) is 9.79. The molecule has 0 aliphatic rings. The van der Waals surface area contributed by atoms with Crippen molar-refractivity contribution in [3.05, 3.63) is 42.1 Å². The Morgan fingerprint density at radius 2 is 2.30 bits per heavy atom. The van der Waals surface area contributed by atoms with Gasteiger partial charge in [-0.05, 0) is 30.4 Å². The zero-order valence-corrected chi connectivity index (χ0v) is 11.2. The van der Waals surface area contributed by atoms with Gasteiger partial charge in [0.1, 0.15) is 12.4 Å². The predicted octanol–water partition coefficient (Wildman–Crippen LogP) is 1.95. The fourth-order valence-electron chi connectivity index (χ4n) is 1.49. The van der Waals surface area contributed by atoms with E-state index >= 15 is 0 Å². The van der Waals surface area contributed by atoms with Crippen LogP contribution in [-0.2, 0) is 9.47 Å². The van der Waals surface area contributed by atoms with Crippen LogP contribution in [0.4, 0.5) is 0 Å². The Labute approximate surface area is 116 Å². The molecule has 0 radical (unpaired) electrons. The molecule has 6 nitrogen and oxygen atoms in total. The van der Waals surface area contributed by atoms with Crippen LogP contribution >= 0.6 is 0 Å². The maximum Gasteiger partial charge on any atom is 0.272 e. The van der Waals surface area contributed by atoms with Crippen LogP contribution in [0, 0.1) is 0 Å². The van der Waals surface area contributed by atoms with Crippen LogP contribution in [0.5, 0.6) is 0 Å². The molecule has 0 unspecified atom stereocenters. The maximum atomic E-state index is 11.7. The average Bonchev–Trinajstić information content (AvgIpc) is 3.11. The number of aromatic nitrogens is 2. The molecular weight excluding hydrogens is 260 g/mol. The third-order valence-electron chi connectivity index (χ3n) is 2.48. The van der Waals surface area contributed by atoms with Gasteiger partial charge in [-0.25, -0.2) is 4.68 Å². The summed E-state index contributed by atoms with van der Waals surface area (Å²) in [7, 11) is 1.58. The summed E-state index contributed by atoms with van der Waals surface area (Å²) in [4.78, 5) is 11.7. The van der Waals surface area contributed by atoms with Crippen LogP contribution in [0.2, 0.25) is 0 Å². The molecule has 6 heteroatoms. The molecular formula is C14H16N2O4. The van der Waals surface area contributed by atoms with E-state index in [-0.39, 0.29) is 12.5 Å². The van der Waals surface area contributed by atoms with Gasteiger partial charge in [0.25, 0.3) is 5.91 Å². The summed E-state index contributed by atoms with van der Waals surface area (Å²) in [5.41, 5.74) is 0.673. The first-order valence-electron chi connectivity index (χ1n) is 6.17. The lowest BCUT2D eigenvalue weighted by atomic mass is 10.3. The number of hydrogen-bond donors (Lipinski definition) is 0. The molecule has 0 atom stereocenters. The molecule has 0 bridgehead atoms. The zero-order chi connectivity index (χ0) is 14.2. The smallest absolute Gasteiger partial charge is 0.272 e. The molecule has 0 aromatic carbocycles. The minimum Gasteiger partial charge on any atom is -0.465 e. The lowest BCUT2D eigenvalue weighted by molar-refractivity contribution is 0.0503. The maximum absolute atomic E-state index is 11.7. The van der Waals surface area contributed by atoms with Gasteiger partial charge in [-0.15, -0.1) is 0 Å². The Kier molecular flexibility index (Phi) is 5.28. The molecule has 2 heterocycles. The van der Waals surface area contributed by atoms with Crippen LogP contribution in [0.25, 0.3) is 12.2 Å². The van der Waals surface area contributed by atoms with Crippen molar-refractivity contribution in [1.29, 1.82) is 0 Å². The summed E-state index contributed by atoms with van der Waals surface area (Å²) >= 11 is 0. The number of ether oxygens (including phenoxy) is 2. The van der Waals surface area contributed by atoms with Gasteiger partial charge < -0.3 is 13.9 Å². The van der Waals surface area contributed by atoms with Crippen LogP contribution in [0.1, 0.15) is 16.2 Å². The normalized spacial score (nSPS) is 11.2. The van der Waals surface area contributed by atoms with E-state index in [0.29, 0.717) is 18.9 Å². The quantitative estimate of drug-likeness (QED) is 0.723. The summed E-state index contributed by atoms with van der Waals surface area (Å²) < 4.78 is 16.4. The summed E-state index contributed by atoms with van der Waals surface area (Å²) in [6, 6.07) is 5.38. The largest absolute Gasteiger partial charge is 0.465 e. The van der Waals surface area contributed by atoms with Gasteiger partial charge in [0.05, 0.1) is 25.2 Å². The van der Waals surface area contributed by atoms with Gasteiger partial charge >= 0.3 is 0 Å². The summed E-state index contributed by atoms with van der Waals surface area (Å²) in [5, 5.41) is 4.14. The minimum absolute atomic E-state index is 0.0215. The van der Waals surface area contributed by atoms with Crippen LogP contribution in [0.15, 0.2) is 35.1 Å². The second-order valence-corrected chi connectivity index (χ2v) is 3.97. The number of furan rings is 1. The monoisotopic (exact) mass is 276 g/mol. The van der Waals surface area contributed by atoms with Gasteiger partial charge in [0, 0.05) is 13.3 Å². The number of methoxy groups -OCH3 is 1. The SMILES string of the molecule is COCCOCC(=O)n1ccc(C=Cc2ccco2)n1. The number of carbonyl (C=O) groups is 1. The molecule has 20 heavy (non-hydrogen) atoms. The molecule has 2 rings (SSSR count). The molecule has 0 N–H and O–H groups in total. The van der Waals surface area contributed by atoms with E-state index in [9.17, 15) is 4.79 Å². The van der Waals surface area contributed by atoms with E-state index in [2.05, 4.69) is 5.10 Å². The highest BCUT2D eigenvalue weighted by molar-refractivity contribution is 5.79. The highest BCUT2D eigenvalue weighted by Crippen LogP contribution is 2.06. The number of hydrogen-bond acceptors (Lipinski definition) is 5. The van der Waals surface area contributed by atoms with E-state index in [0.717, 1.165) is 5.76 Å². The van der Waals surface area contributed by atoms with Crippen molar-refractivity contribution in [2.75, 3.05) is 26.9 Å². The topological polar surface area (TPSA) is 66.5 Å². The fourth-order valence-corrected chi connectivity index (χ4v) is 1.49. The third kappa shape index (κ3) is 4.18. The molecule has 0 amide bonds. The summed E-state index contributed by atoms with van der Waals surface area (Å²) in [5.74, 6) is 0.507. The van der Waals surface area contributed by atoms with Gasteiger partial charge in [0.15, 0.2) is 0 Å². The van der Waals surface area contributed by atoms with Crippen molar-refractivity contribution in [3.63, 3.8) is 0 Å². The van der Waals surface area contributed by atoms with E-state index in [4.69, 9.17) is 13.9 Å². The van der Waals surface area contributed by atoms with Crippen molar-refractivity contribution >= 4 is 18.1 Å². The molecule has 0 spiro atoms. The van der Waals surface area contributed by atoms with E-state index in [1.54, 1.807) is 43.9 Å². The van der Waals surface area contributed by atoms with Crippen molar-refractivity contribution in [2.24, 2.45) is 0 Å². The Morgan fingerprint density at radius 3 is 3.05 bits per heavy atom. The first-order valence-corrected chi connectivity index (χ1v) is 6.17. The molecule has 0 saturated heterocycles. The van der Waals surface area contributed by atoms with Crippen molar-refractivity contribution < 1.29 is 18.7 Å². The van der Waals surface area contributed by atoms with Gasteiger partial charge in [0.2, 0.25) is 0 Å². The molecule has 0 aliphatic carbocycles. The van der Waals surface area contributed by atoms with Gasteiger partial charge in [-0.1, -0.05) is 0 Å². The van der Waals surface area contributed by atoms with Gasteiger partial charge in [-0.2, -0.15) is 5.10 Å². The lowest BCUT2D eigenvalue weighted by Crippen LogP contribution is -2.19. The second-order valence-electron chi connectivity index (χ2n) is 3.97. The first kappa shape index (κ1) is 14.2. The third-order valence-corrected chi connectivity index (χ3v) is 2.48. The summed E-state index contributed by atoms with van der Waals surface area (Å²) in [6.45, 7) is 0.824. The zero-order valence-electron chi connectivity index (χ0n) is 11.2. The average molecular weight is 276 g/mol. The molecule has 2 aromatic heterocycles. The second kappa shape index (κ2) is 7.42.